The average molecular weight is 246 g/mol. The first kappa shape index (κ1) is 13.2. The third-order valence-electron chi connectivity index (χ3n) is 2.32. The van der Waals surface area contributed by atoms with Crippen LogP contribution in [-0.2, 0) is 14.6 Å². The van der Waals surface area contributed by atoms with Gasteiger partial charge in [0.1, 0.15) is 0 Å². The minimum Gasteiger partial charge on any atom is -0.349 e. The van der Waals surface area contributed by atoms with Gasteiger partial charge in [0.05, 0.1) is 11.8 Å². The SMILES string of the molecule is CCNC(C)CC(=O)NC1C=CS(=O)(=O)C1. The molecule has 0 spiro atoms. The number of carbonyl (C=O) groups is 1. The summed E-state index contributed by atoms with van der Waals surface area (Å²) in [5.74, 6) is -0.144. The van der Waals surface area contributed by atoms with Gasteiger partial charge >= 0.3 is 0 Å². The zero-order valence-corrected chi connectivity index (χ0v) is 10.4. The first-order valence-corrected chi connectivity index (χ1v) is 7.08. The highest BCUT2D eigenvalue weighted by molar-refractivity contribution is 7.94. The standard InChI is InChI=1S/C10H18N2O3S/c1-3-11-8(2)6-10(13)12-9-4-5-16(14,15)7-9/h4-5,8-9,11H,3,6-7H2,1-2H3,(H,12,13). The molecule has 0 aromatic rings. The maximum atomic E-state index is 11.5. The molecule has 6 heteroatoms. The maximum absolute atomic E-state index is 11.5. The number of amides is 1. The highest BCUT2D eigenvalue weighted by Gasteiger charge is 2.23. The average Bonchev–Trinajstić information content (AvgIpc) is 2.45. The number of sulfone groups is 1. The molecule has 1 heterocycles. The molecular weight excluding hydrogens is 228 g/mol. The van der Waals surface area contributed by atoms with Crippen LogP contribution in [0.2, 0.25) is 0 Å². The minimum absolute atomic E-state index is 0.0195. The molecule has 1 aliphatic rings. The quantitative estimate of drug-likeness (QED) is 0.704. The zero-order chi connectivity index (χ0) is 12.2. The summed E-state index contributed by atoms with van der Waals surface area (Å²) in [4.78, 5) is 11.5. The molecule has 2 N–H and O–H groups in total. The van der Waals surface area contributed by atoms with E-state index in [0.717, 1.165) is 12.0 Å². The van der Waals surface area contributed by atoms with Crippen molar-refractivity contribution < 1.29 is 13.2 Å². The van der Waals surface area contributed by atoms with Crippen LogP contribution in [0, 0.1) is 0 Å². The van der Waals surface area contributed by atoms with Crippen molar-refractivity contribution in [1.82, 2.24) is 10.6 Å². The lowest BCUT2D eigenvalue weighted by Gasteiger charge is -2.14. The van der Waals surface area contributed by atoms with Crippen molar-refractivity contribution in [2.45, 2.75) is 32.4 Å². The number of hydrogen-bond acceptors (Lipinski definition) is 4. The summed E-state index contributed by atoms with van der Waals surface area (Å²) < 4.78 is 22.2. The molecule has 5 nitrogen and oxygen atoms in total. The molecule has 0 radical (unpaired) electrons. The van der Waals surface area contributed by atoms with E-state index in [-0.39, 0.29) is 23.7 Å². The molecule has 0 aromatic heterocycles. The predicted molar refractivity (Wildman–Crippen MR) is 62.6 cm³/mol. The van der Waals surface area contributed by atoms with E-state index in [4.69, 9.17) is 0 Å². The molecule has 1 aliphatic heterocycles. The second-order valence-corrected chi connectivity index (χ2v) is 5.93. The highest BCUT2D eigenvalue weighted by atomic mass is 32.2. The molecule has 0 saturated carbocycles. The Kier molecular flexibility index (Phi) is 4.49. The van der Waals surface area contributed by atoms with Gasteiger partial charge in [-0.1, -0.05) is 6.92 Å². The van der Waals surface area contributed by atoms with Crippen molar-refractivity contribution in [3.8, 4) is 0 Å². The summed E-state index contributed by atoms with van der Waals surface area (Å²) in [5, 5.41) is 6.96. The third-order valence-corrected chi connectivity index (χ3v) is 3.72. The van der Waals surface area contributed by atoms with Gasteiger partial charge in [0.2, 0.25) is 5.91 Å². The van der Waals surface area contributed by atoms with Gasteiger partial charge in [-0.3, -0.25) is 4.79 Å². The lowest BCUT2D eigenvalue weighted by Crippen LogP contribution is -2.39. The maximum Gasteiger partial charge on any atom is 0.222 e. The van der Waals surface area contributed by atoms with Crippen LogP contribution >= 0.6 is 0 Å². The Balaban J connectivity index is 2.34. The van der Waals surface area contributed by atoms with Crippen molar-refractivity contribution in [1.29, 1.82) is 0 Å². The van der Waals surface area contributed by atoms with Crippen LogP contribution in [0.1, 0.15) is 20.3 Å². The number of rotatable bonds is 5. The Morgan fingerprint density at radius 2 is 2.25 bits per heavy atom. The zero-order valence-electron chi connectivity index (χ0n) is 9.56. The summed E-state index contributed by atoms with van der Waals surface area (Å²) in [7, 11) is -3.09. The Morgan fingerprint density at radius 1 is 1.56 bits per heavy atom. The second-order valence-electron chi connectivity index (χ2n) is 3.99. The fourth-order valence-corrected chi connectivity index (χ4v) is 2.87. The lowest BCUT2D eigenvalue weighted by molar-refractivity contribution is -0.121. The predicted octanol–water partition coefficient (Wildman–Crippen LogP) is -0.199. The van der Waals surface area contributed by atoms with Crippen molar-refractivity contribution in [3.05, 3.63) is 11.5 Å². The van der Waals surface area contributed by atoms with Crippen LogP contribution in [-0.4, -0.2) is 38.7 Å². The van der Waals surface area contributed by atoms with Crippen LogP contribution in [0.15, 0.2) is 11.5 Å². The Morgan fingerprint density at radius 3 is 2.75 bits per heavy atom. The van der Waals surface area contributed by atoms with E-state index >= 15 is 0 Å². The number of nitrogens with one attached hydrogen (secondary N) is 2. The molecular formula is C10H18N2O3S. The topological polar surface area (TPSA) is 75.3 Å². The van der Waals surface area contributed by atoms with Crippen molar-refractivity contribution in [2.24, 2.45) is 0 Å². The summed E-state index contributed by atoms with van der Waals surface area (Å²) in [5.41, 5.74) is 0. The lowest BCUT2D eigenvalue weighted by atomic mass is 10.2. The van der Waals surface area contributed by atoms with E-state index in [9.17, 15) is 13.2 Å². The van der Waals surface area contributed by atoms with Crippen molar-refractivity contribution in [2.75, 3.05) is 12.3 Å². The smallest absolute Gasteiger partial charge is 0.222 e. The molecule has 2 unspecified atom stereocenters. The summed E-state index contributed by atoms with van der Waals surface area (Å²) in [6.45, 7) is 4.71. The molecule has 0 aliphatic carbocycles. The highest BCUT2D eigenvalue weighted by Crippen LogP contribution is 2.08. The van der Waals surface area contributed by atoms with E-state index in [1.54, 1.807) is 0 Å². The summed E-state index contributed by atoms with van der Waals surface area (Å²) in [6.07, 6.45) is 1.88. The Bertz CT molecular complexity index is 376. The van der Waals surface area contributed by atoms with Crippen LogP contribution in [0.5, 0.6) is 0 Å². The minimum atomic E-state index is -3.09. The van der Waals surface area contributed by atoms with Crippen LogP contribution in [0.3, 0.4) is 0 Å². The van der Waals surface area contributed by atoms with Gasteiger partial charge in [0.15, 0.2) is 9.84 Å². The van der Waals surface area contributed by atoms with Crippen molar-refractivity contribution >= 4 is 15.7 Å². The van der Waals surface area contributed by atoms with E-state index < -0.39 is 9.84 Å². The molecule has 0 aromatic carbocycles. The molecule has 1 amide bonds. The van der Waals surface area contributed by atoms with Crippen molar-refractivity contribution in [3.63, 3.8) is 0 Å². The number of carbonyl (C=O) groups excluding carboxylic acids is 1. The normalized spacial score (nSPS) is 24.2. The van der Waals surface area contributed by atoms with Crippen LogP contribution < -0.4 is 10.6 Å². The summed E-state index contributed by atoms with van der Waals surface area (Å²) in [6, 6.07) is -0.265. The monoisotopic (exact) mass is 246 g/mol. The third kappa shape index (κ3) is 4.32. The van der Waals surface area contributed by atoms with E-state index in [0.29, 0.717) is 6.42 Å². The second kappa shape index (κ2) is 5.45. The van der Waals surface area contributed by atoms with Gasteiger partial charge < -0.3 is 10.6 Å². The fraction of sp³-hybridized carbons (Fsp3) is 0.700. The summed E-state index contributed by atoms with van der Waals surface area (Å²) >= 11 is 0. The van der Waals surface area contributed by atoms with Gasteiger partial charge in [-0.15, -0.1) is 0 Å². The molecule has 16 heavy (non-hydrogen) atoms. The first-order chi connectivity index (χ1) is 7.43. The van der Waals surface area contributed by atoms with E-state index in [2.05, 4.69) is 10.6 Å². The molecule has 0 fully saturated rings. The Hall–Kier alpha value is -0.880. The fourth-order valence-electron chi connectivity index (χ4n) is 1.63. The molecule has 0 saturated heterocycles. The molecule has 1 rings (SSSR count). The molecule has 2 atom stereocenters. The molecule has 92 valence electrons. The largest absolute Gasteiger partial charge is 0.349 e. The van der Waals surface area contributed by atoms with E-state index in [1.165, 1.54) is 6.08 Å². The van der Waals surface area contributed by atoms with Gasteiger partial charge in [-0.2, -0.15) is 0 Å². The van der Waals surface area contributed by atoms with Gasteiger partial charge in [-0.25, -0.2) is 8.42 Å². The number of hydrogen-bond donors (Lipinski definition) is 2. The van der Waals surface area contributed by atoms with Gasteiger partial charge in [-0.05, 0) is 19.5 Å². The van der Waals surface area contributed by atoms with Crippen LogP contribution in [0.25, 0.3) is 0 Å². The first-order valence-electron chi connectivity index (χ1n) is 5.36. The van der Waals surface area contributed by atoms with Crippen LogP contribution in [0.4, 0.5) is 0 Å². The Labute approximate surface area is 96.2 Å². The van der Waals surface area contributed by atoms with Gasteiger partial charge in [0, 0.05) is 17.9 Å². The van der Waals surface area contributed by atoms with Gasteiger partial charge in [0.25, 0.3) is 0 Å². The molecule has 0 bridgehead atoms. The van der Waals surface area contributed by atoms with E-state index in [1.807, 2.05) is 13.8 Å².